The van der Waals surface area contributed by atoms with Crippen LogP contribution in [0.15, 0.2) is 18.5 Å². The van der Waals surface area contributed by atoms with E-state index >= 15 is 0 Å². The molecule has 13 heteroatoms. The summed E-state index contributed by atoms with van der Waals surface area (Å²) in [5, 5.41) is 26.8. The fourth-order valence-electron chi connectivity index (χ4n) is 2.48. The van der Waals surface area contributed by atoms with Gasteiger partial charge in [0.05, 0.1) is 30.8 Å². The quantitative estimate of drug-likeness (QED) is 0.472. The Labute approximate surface area is 163 Å². The summed E-state index contributed by atoms with van der Waals surface area (Å²) >= 11 is 0. The van der Waals surface area contributed by atoms with Gasteiger partial charge >= 0.3 is 6.55 Å². The standard InChI is InChI=1S/C16H17F2N9O2/c17-16(18)25-15(28)14-11(22-7-10-6-20-1-2-29-10)3-12(26-27-14)24-13-8-21-9(4-19)5-23-13/h3,5,8,10,16,20H,1-2,6-7H2,(H,25,28)(H2,22,23,24,26). The van der Waals surface area contributed by atoms with Crippen molar-refractivity contribution in [2.24, 2.45) is 0 Å². The number of alkyl halides is 2. The number of nitrogens with one attached hydrogen (secondary N) is 4. The molecule has 0 radical (unpaired) electrons. The van der Waals surface area contributed by atoms with Crippen molar-refractivity contribution < 1.29 is 18.3 Å². The van der Waals surface area contributed by atoms with E-state index in [9.17, 15) is 13.6 Å². The number of amides is 1. The van der Waals surface area contributed by atoms with Gasteiger partial charge in [0.25, 0.3) is 5.91 Å². The monoisotopic (exact) mass is 405 g/mol. The maximum Gasteiger partial charge on any atom is 0.315 e. The molecule has 3 rings (SSSR count). The minimum atomic E-state index is -3.03. The second-order valence-corrected chi connectivity index (χ2v) is 5.87. The SMILES string of the molecule is N#Cc1cnc(Nc2cc(NCC3CNCCO3)c(C(=O)NC(F)F)nn2)cn1. The van der Waals surface area contributed by atoms with Crippen LogP contribution in [0, 0.1) is 11.3 Å². The highest BCUT2D eigenvalue weighted by atomic mass is 19.3. The lowest BCUT2D eigenvalue weighted by molar-refractivity contribution is 0.0372. The summed E-state index contributed by atoms with van der Waals surface area (Å²) in [6.45, 7) is -0.812. The maximum absolute atomic E-state index is 12.5. The Hall–Kier alpha value is -3.50. The lowest BCUT2D eigenvalue weighted by atomic mass is 10.2. The fraction of sp³-hybridized carbons (Fsp3) is 0.375. The highest BCUT2D eigenvalue weighted by Crippen LogP contribution is 2.19. The van der Waals surface area contributed by atoms with Crippen molar-refractivity contribution in [1.82, 2.24) is 30.8 Å². The first-order chi connectivity index (χ1) is 14.0. The molecule has 29 heavy (non-hydrogen) atoms. The van der Waals surface area contributed by atoms with E-state index in [4.69, 9.17) is 10.00 Å². The van der Waals surface area contributed by atoms with Crippen molar-refractivity contribution in [3.63, 3.8) is 0 Å². The van der Waals surface area contributed by atoms with E-state index in [0.29, 0.717) is 19.7 Å². The number of rotatable bonds is 7. The van der Waals surface area contributed by atoms with Gasteiger partial charge in [-0.3, -0.25) is 10.1 Å². The molecule has 1 atom stereocenters. The zero-order valence-electron chi connectivity index (χ0n) is 15.0. The van der Waals surface area contributed by atoms with Gasteiger partial charge in [-0.25, -0.2) is 9.97 Å². The maximum atomic E-state index is 12.5. The lowest BCUT2D eigenvalue weighted by Gasteiger charge is -2.24. The Morgan fingerprint density at radius 1 is 1.34 bits per heavy atom. The van der Waals surface area contributed by atoms with Crippen molar-refractivity contribution in [2.45, 2.75) is 12.7 Å². The first-order valence-corrected chi connectivity index (χ1v) is 8.57. The molecule has 2 aromatic heterocycles. The summed E-state index contributed by atoms with van der Waals surface area (Å²) in [5.74, 6) is -0.584. The van der Waals surface area contributed by atoms with Crippen LogP contribution in [0.4, 0.5) is 26.1 Å². The predicted octanol–water partition coefficient (Wildman–Crippen LogP) is 0.235. The van der Waals surface area contributed by atoms with Crippen LogP contribution in [0.3, 0.4) is 0 Å². The molecule has 152 valence electrons. The number of morpholine rings is 1. The molecule has 11 nitrogen and oxygen atoms in total. The Morgan fingerprint density at radius 3 is 2.86 bits per heavy atom. The minimum absolute atomic E-state index is 0.143. The van der Waals surface area contributed by atoms with Crippen molar-refractivity contribution in [3.05, 3.63) is 29.8 Å². The fourth-order valence-corrected chi connectivity index (χ4v) is 2.48. The molecule has 0 bridgehead atoms. The number of carbonyl (C=O) groups excluding carboxylic acids is 1. The smallest absolute Gasteiger partial charge is 0.315 e. The van der Waals surface area contributed by atoms with Crippen LogP contribution < -0.4 is 21.3 Å². The molecule has 1 aliphatic heterocycles. The number of carbonyl (C=O) groups is 1. The summed E-state index contributed by atoms with van der Waals surface area (Å²) in [4.78, 5) is 19.9. The summed E-state index contributed by atoms with van der Waals surface area (Å²) < 4.78 is 30.6. The molecule has 1 fully saturated rings. The van der Waals surface area contributed by atoms with Crippen molar-refractivity contribution in [3.8, 4) is 6.07 Å². The molecule has 1 saturated heterocycles. The van der Waals surface area contributed by atoms with Crippen LogP contribution in [0.1, 0.15) is 16.2 Å². The Balaban J connectivity index is 1.78. The van der Waals surface area contributed by atoms with Crippen molar-refractivity contribution >= 4 is 23.2 Å². The van der Waals surface area contributed by atoms with E-state index in [2.05, 4.69) is 36.1 Å². The number of ether oxygens (including phenoxy) is 1. The van der Waals surface area contributed by atoms with E-state index in [1.54, 1.807) is 0 Å². The number of nitrogens with zero attached hydrogens (tertiary/aromatic N) is 5. The molecule has 0 aliphatic carbocycles. The summed E-state index contributed by atoms with van der Waals surface area (Å²) in [6, 6.07) is 3.28. The predicted molar refractivity (Wildman–Crippen MR) is 96.6 cm³/mol. The van der Waals surface area contributed by atoms with Gasteiger partial charge in [0, 0.05) is 25.7 Å². The molecule has 2 aromatic rings. The van der Waals surface area contributed by atoms with Crippen LogP contribution in [0.5, 0.6) is 0 Å². The normalized spacial score (nSPS) is 16.1. The molecule has 1 unspecified atom stereocenters. The van der Waals surface area contributed by atoms with Crippen LogP contribution in [0.25, 0.3) is 0 Å². The van der Waals surface area contributed by atoms with Gasteiger partial charge in [0.15, 0.2) is 17.2 Å². The second-order valence-electron chi connectivity index (χ2n) is 5.87. The lowest BCUT2D eigenvalue weighted by Crippen LogP contribution is -2.42. The molecule has 1 amide bonds. The van der Waals surface area contributed by atoms with E-state index in [-0.39, 0.29) is 34.8 Å². The molecular weight excluding hydrogens is 388 g/mol. The topological polar surface area (TPSA) is 150 Å². The second kappa shape index (κ2) is 9.62. The number of aromatic nitrogens is 4. The van der Waals surface area contributed by atoms with Gasteiger partial charge in [-0.2, -0.15) is 14.0 Å². The summed E-state index contributed by atoms with van der Waals surface area (Å²) in [5.41, 5.74) is 0.0473. The number of halogens is 2. The Bertz CT molecular complexity index is 883. The van der Waals surface area contributed by atoms with Gasteiger partial charge in [-0.1, -0.05) is 0 Å². The number of anilines is 3. The highest BCUT2D eigenvalue weighted by molar-refractivity contribution is 5.97. The van der Waals surface area contributed by atoms with Gasteiger partial charge in [-0.05, 0) is 0 Å². The third-order valence-electron chi connectivity index (χ3n) is 3.80. The third-order valence-corrected chi connectivity index (χ3v) is 3.80. The molecular formula is C16H17F2N9O2. The average Bonchev–Trinajstić information content (AvgIpc) is 2.73. The third kappa shape index (κ3) is 5.74. The first kappa shape index (κ1) is 20.2. The number of nitriles is 1. The van der Waals surface area contributed by atoms with Crippen LogP contribution in [-0.4, -0.2) is 65.0 Å². The Kier molecular flexibility index (Phi) is 6.72. The average molecular weight is 405 g/mol. The van der Waals surface area contributed by atoms with E-state index in [0.717, 1.165) is 6.54 Å². The van der Waals surface area contributed by atoms with Gasteiger partial charge < -0.3 is 20.7 Å². The van der Waals surface area contributed by atoms with Crippen molar-refractivity contribution in [1.29, 1.82) is 5.26 Å². The zero-order chi connectivity index (χ0) is 20.6. The molecule has 0 aromatic carbocycles. The van der Waals surface area contributed by atoms with E-state index in [1.807, 2.05) is 6.07 Å². The van der Waals surface area contributed by atoms with Crippen LogP contribution in [-0.2, 0) is 4.74 Å². The largest absolute Gasteiger partial charge is 0.380 e. The number of hydrogen-bond acceptors (Lipinski definition) is 10. The molecule has 0 spiro atoms. The molecule has 1 aliphatic rings. The molecule has 3 heterocycles. The summed E-state index contributed by atoms with van der Waals surface area (Å²) in [6.07, 6.45) is 2.43. The summed E-state index contributed by atoms with van der Waals surface area (Å²) in [7, 11) is 0. The Morgan fingerprint density at radius 2 is 2.21 bits per heavy atom. The first-order valence-electron chi connectivity index (χ1n) is 8.57. The molecule has 4 N–H and O–H groups in total. The number of hydrogen-bond donors (Lipinski definition) is 4. The van der Waals surface area contributed by atoms with Crippen LogP contribution in [0.2, 0.25) is 0 Å². The van der Waals surface area contributed by atoms with Gasteiger partial charge in [0.2, 0.25) is 0 Å². The van der Waals surface area contributed by atoms with Crippen LogP contribution >= 0.6 is 0 Å². The minimum Gasteiger partial charge on any atom is -0.380 e. The molecule has 0 saturated carbocycles. The van der Waals surface area contributed by atoms with Crippen molar-refractivity contribution in [2.75, 3.05) is 36.9 Å². The zero-order valence-corrected chi connectivity index (χ0v) is 15.0. The van der Waals surface area contributed by atoms with Gasteiger partial charge in [0.1, 0.15) is 11.9 Å². The van der Waals surface area contributed by atoms with Gasteiger partial charge in [-0.15, -0.1) is 10.2 Å². The highest BCUT2D eigenvalue weighted by Gasteiger charge is 2.20. The van der Waals surface area contributed by atoms with E-state index in [1.165, 1.54) is 23.8 Å². The van der Waals surface area contributed by atoms with E-state index < -0.39 is 12.5 Å².